The number of benzene rings is 3. The van der Waals surface area contributed by atoms with E-state index in [-0.39, 0.29) is 66.8 Å². The third-order valence-corrected chi connectivity index (χ3v) is 7.87. The quantitative estimate of drug-likeness (QED) is 0.194. The molecule has 0 heterocycles. The Bertz CT molecular complexity index is 2560. The predicted octanol–water partition coefficient (Wildman–Crippen LogP) is 7.97. The number of halogens is 6. The molecule has 2 aliphatic rings. The molecule has 14 heteroatoms. The van der Waals surface area contributed by atoms with Crippen LogP contribution in [0.15, 0.2) is 59.7 Å². The van der Waals surface area contributed by atoms with Crippen LogP contribution in [-0.4, -0.2) is 0 Å². The number of nitriles is 8. The molecule has 0 radical (unpaired) electrons. The standard InChI is InChI=1S/C36H8F6N8/c37-35(38,39)29-4-3-17(5-20(29)10-44)31-27(15-49)23-7-24-26(8-25(23)33(31)21(11-45)12-46)34(22(13-47)14-48)32(28(24)16-50)18-1-2-19(9-43)30(6-18)36(40,41)42/h1-8H. The van der Waals surface area contributed by atoms with Gasteiger partial charge in [-0.25, -0.2) is 0 Å². The lowest BCUT2D eigenvalue weighted by Crippen LogP contribution is -2.08. The van der Waals surface area contributed by atoms with Gasteiger partial charge in [-0.15, -0.1) is 0 Å². The van der Waals surface area contributed by atoms with Crippen LogP contribution in [0.4, 0.5) is 26.3 Å². The maximum Gasteiger partial charge on any atom is 0.417 e. The highest BCUT2D eigenvalue weighted by atomic mass is 19.4. The molecule has 0 spiro atoms. The summed E-state index contributed by atoms with van der Waals surface area (Å²) in [7, 11) is 0. The predicted molar refractivity (Wildman–Crippen MR) is 160 cm³/mol. The van der Waals surface area contributed by atoms with Crippen LogP contribution >= 0.6 is 0 Å². The van der Waals surface area contributed by atoms with Crippen LogP contribution in [0.3, 0.4) is 0 Å². The second-order valence-electron chi connectivity index (χ2n) is 10.4. The van der Waals surface area contributed by atoms with E-state index >= 15 is 0 Å². The van der Waals surface area contributed by atoms with Crippen LogP contribution in [0.1, 0.15) is 55.6 Å². The number of nitrogens with zero attached hydrogens (tertiary/aromatic N) is 8. The smallest absolute Gasteiger partial charge is 0.192 e. The fraction of sp³-hybridized carbons (Fsp3) is 0.0556. The van der Waals surface area contributed by atoms with Crippen molar-refractivity contribution < 1.29 is 26.3 Å². The Kier molecular flexibility index (Phi) is 8.07. The van der Waals surface area contributed by atoms with Gasteiger partial charge in [-0.1, -0.05) is 12.1 Å². The van der Waals surface area contributed by atoms with Crippen LogP contribution in [0.25, 0.3) is 33.4 Å². The van der Waals surface area contributed by atoms with E-state index in [0.717, 1.165) is 24.3 Å². The number of allylic oxidation sites excluding steroid dienone is 8. The van der Waals surface area contributed by atoms with Crippen molar-refractivity contribution in [2.45, 2.75) is 12.4 Å². The Balaban J connectivity index is 1.92. The zero-order valence-corrected chi connectivity index (χ0v) is 24.5. The van der Waals surface area contributed by atoms with Crippen LogP contribution in [0.2, 0.25) is 0 Å². The zero-order valence-electron chi connectivity index (χ0n) is 24.5. The van der Waals surface area contributed by atoms with Gasteiger partial charge in [-0.2, -0.15) is 68.4 Å². The summed E-state index contributed by atoms with van der Waals surface area (Å²) < 4.78 is 82.6. The van der Waals surface area contributed by atoms with Crippen molar-refractivity contribution in [1.29, 1.82) is 42.1 Å². The van der Waals surface area contributed by atoms with Gasteiger partial charge in [0.05, 0.1) is 45.5 Å². The number of rotatable bonds is 2. The lowest BCUT2D eigenvalue weighted by atomic mass is 9.88. The highest BCUT2D eigenvalue weighted by Gasteiger charge is 2.40. The molecule has 0 fully saturated rings. The van der Waals surface area contributed by atoms with E-state index in [1.807, 2.05) is 12.1 Å². The third-order valence-electron chi connectivity index (χ3n) is 7.87. The Labute approximate surface area is 277 Å². The van der Waals surface area contributed by atoms with Gasteiger partial charge >= 0.3 is 12.4 Å². The van der Waals surface area contributed by atoms with Crippen molar-refractivity contribution in [3.05, 3.63) is 115 Å². The van der Waals surface area contributed by atoms with Gasteiger partial charge < -0.3 is 0 Å². The van der Waals surface area contributed by atoms with Crippen molar-refractivity contribution in [1.82, 2.24) is 0 Å². The molecule has 234 valence electrons. The summed E-state index contributed by atoms with van der Waals surface area (Å²) in [5, 5.41) is 79.0. The molecule has 3 aromatic rings. The largest absolute Gasteiger partial charge is 0.417 e. The van der Waals surface area contributed by atoms with Gasteiger partial charge in [0.25, 0.3) is 0 Å². The Hall–Kier alpha value is -7.88. The topological polar surface area (TPSA) is 190 Å². The second kappa shape index (κ2) is 12.0. The van der Waals surface area contributed by atoms with Gasteiger partial charge in [0.15, 0.2) is 0 Å². The van der Waals surface area contributed by atoms with Crippen LogP contribution < -0.4 is 0 Å². The maximum absolute atomic E-state index is 13.9. The number of hydrogen-bond donors (Lipinski definition) is 0. The van der Waals surface area contributed by atoms with Gasteiger partial charge in [-0.05, 0) is 58.7 Å². The SMILES string of the molecule is N#CC(C#N)=C1C(c2ccc(C(F)(F)F)c(C#N)c2)=C(C#N)c2cc3c(cc21)C(=C(C#N)C#N)C(c1ccc(C#N)c(C(F)(F)F)c1)=C3C#N. The first kappa shape index (κ1) is 33.5. The van der Waals surface area contributed by atoms with Gasteiger partial charge in [0.1, 0.15) is 47.6 Å². The van der Waals surface area contributed by atoms with Crippen molar-refractivity contribution in [2.24, 2.45) is 0 Å². The summed E-state index contributed by atoms with van der Waals surface area (Å²) in [5.41, 5.74) is -7.85. The summed E-state index contributed by atoms with van der Waals surface area (Å²) >= 11 is 0. The summed E-state index contributed by atoms with van der Waals surface area (Å²) in [6.07, 6.45) is -9.94. The third kappa shape index (κ3) is 5.06. The minimum absolute atomic E-state index is 0.0442. The molecule has 0 atom stereocenters. The monoisotopic (exact) mass is 666 g/mol. The van der Waals surface area contributed by atoms with Crippen molar-refractivity contribution >= 4 is 33.4 Å². The Morgan fingerprint density at radius 1 is 0.440 bits per heavy atom. The number of fused-ring (bicyclic) bond motifs is 2. The van der Waals surface area contributed by atoms with E-state index in [9.17, 15) is 68.4 Å². The van der Waals surface area contributed by atoms with Gasteiger partial charge in [-0.3, -0.25) is 0 Å². The van der Waals surface area contributed by atoms with Crippen molar-refractivity contribution in [2.75, 3.05) is 0 Å². The average Bonchev–Trinajstić information content (AvgIpc) is 3.58. The summed E-state index contributed by atoms with van der Waals surface area (Å²) in [6, 6.07) is 20.6. The maximum atomic E-state index is 13.9. The average molecular weight is 667 g/mol. The normalized spacial score (nSPS) is 13.0. The molecule has 0 bridgehead atoms. The van der Waals surface area contributed by atoms with E-state index in [1.165, 1.54) is 24.3 Å². The molecule has 2 aliphatic carbocycles. The van der Waals surface area contributed by atoms with Crippen LogP contribution in [0, 0.1) is 90.6 Å². The summed E-state index contributed by atoms with van der Waals surface area (Å²) in [4.78, 5) is 0. The Morgan fingerprint density at radius 3 is 1.26 bits per heavy atom. The Morgan fingerprint density at radius 2 is 0.860 bits per heavy atom. The molecule has 0 aliphatic heterocycles. The molecule has 0 saturated carbocycles. The first-order valence-electron chi connectivity index (χ1n) is 13.6. The molecule has 50 heavy (non-hydrogen) atoms. The fourth-order valence-electron chi connectivity index (χ4n) is 5.89. The van der Waals surface area contributed by atoms with E-state index in [4.69, 9.17) is 0 Å². The summed E-state index contributed by atoms with van der Waals surface area (Å²) in [5.74, 6) is 0. The lowest BCUT2D eigenvalue weighted by molar-refractivity contribution is -0.138. The van der Waals surface area contributed by atoms with Crippen LogP contribution in [-0.2, 0) is 12.4 Å². The molecule has 0 N–H and O–H groups in total. The molecule has 0 unspecified atom stereocenters. The number of alkyl halides is 6. The minimum Gasteiger partial charge on any atom is -0.192 e. The highest BCUT2D eigenvalue weighted by molar-refractivity contribution is 6.29. The molecular weight excluding hydrogens is 658 g/mol. The van der Waals surface area contributed by atoms with E-state index in [2.05, 4.69) is 0 Å². The molecular formula is C36H8F6N8. The first-order chi connectivity index (χ1) is 23.7. The summed E-state index contributed by atoms with van der Waals surface area (Å²) in [6.45, 7) is 0. The van der Waals surface area contributed by atoms with Crippen molar-refractivity contribution in [3.8, 4) is 48.6 Å². The number of hydrogen-bond acceptors (Lipinski definition) is 8. The van der Waals surface area contributed by atoms with Crippen LogP contribution in [0.5, 0.6) is 0 Å². The molecule has 5 rings (SSSR count). The van der Waals surface area contributed by atoms with Crippen molar-refractivity contribution in [3.63, 3.8) is 0 Å². The second-order valence-corrected chi connectivity index (χ2v) is 10.4. The first-order valence-corrected chi connectivity index (χ1v) is 13.6. The fourth-order valence-corrected chi connectivity index (χ4v) is 5.89. The molecule has 3 aromatic carbocycles. The molecule has 0 saturated heterocycles. The zero-order chi connectivity index (χ0) is 36.7. The van der Waals surface area contributed by atoms with Gasteiger partial charge in [0.2, 0.25) is 0 Å². The molecule has 0 aromatic heterocycles. The molecule has 0 amide bonds. The highest BCUT2D eigenvalue weighted by Crippen LogP contribution is 2.55. The van der Waals surface area contributed by atoms with Gasteiger partial charge in [0, 0.05) is 33.4 Å². The lowest BCUT2D eigenvalue weighted by Gasteiger charge is -2.14. The van der Waals surface area contributed by atoms with E-state index < -0.39 is 45.8 Å². The molecule has 8 nitrogen and oxygen atoms in total. The van der Waals surface area contributed by atoms with E-state index in [1.54, 1.807) is 24.3 Å². The minimum atomic E-state index is -5.02. The van der Waals surface area contributed by atoms with E-state index in [0.29, 0.717) is 12.1 Å².